The molecule has 0 aliphatic heterocycles. The van der Waals surface area contributed by atoms with Gasteiger partial charge in [-0.2, -0.15) is 0 Å². The van der Waals surface area contributed by atoms with Gasteiger partial charge in [-0.1, -0.05) is 56.0 Å². The molecule has 0 radical (unpaired) electrons. The molecule has 33 heavy (non-hydrogen) atoms. The van der Waals surface area contributed by atoms with Crippen molar-refractivity contribution >= 4 is 11.8 Å². The molecule has 1 aromatic heterocycles. The van der Waals surface area contributed by atoms with Crippen molar-refractivity contribution in [3.63, 3.8) is 0 Å². The number of aromatic nitrogens is 1. The molecule has 176 valence electrons. The topological polar surface area (TPSA) is 91.6 Å². The van der Waals surface area contributed by atoms with E-state index in [-0.39, 0.29) is 29.8 Å². The Morgan fingerprint density at radius 2 is 1.67 bits per heavy atom. The molecule has 2 aromatic rings. The van der Waals surface area contributed by atoms with Crippen LogP contribution < -0.4 is 10.7 Å². The average Bonchev–Trinajstić information content (AvgIpc) is 3.67. The van der Waals surface area contributed by atoms with Crippen LogP contribution in [0.3, 0.4) is 0 Å². The van der Waals surface area contributed by atoms with Crippen molar-refractivity contribution < 1.29 is 14.7 Å². The Morgan fingerprint density at radius 1 is 1.03 bits per heavy atom. The van der Waals surface area contributed by atoms with E-state index in [1.807, 2.05) is 22.8 Å². The maximum Gasteiger partial charge on any atom is 0.259 e. The second-order valence-corrected chi connectivity index (χ2v) is 9.37. The van der Waals surface area contributed by atoms with Crippen LogP contribution in [0.4, 0.5) is 0 Å². The molecule has 2 fully saturated rings. The monoisotopic (exact) mass is 451 g/mol. The zero-order valence-corrected chi connectivity index (χ0v) is 19.2. The van der Waals surface area contributed by atoms with E-state index in [1.54, 1.807) is 31.6 Å². The Kier molecular flexibility index (Phi) is 7.28. The lowest BCUT2D eigenvalue weighted by Crippen LogP contribution is -2.40. The molecule has 4 rings (SSSR count). The number of carbonyl (C=O) groups excluding carboxylic acids is 2. The van der Waals surface area contributed by atoms with Gasteiger partial charge in [0, 0.05) is 31.5 Å². The molecule has 0 unspecified atom stereocenters. The largest absolute Gasteiger partial charge is 0.387 e. The standard InChI is InChI=1S/C26H33N3O4/c1-28(17-23(30)18-9-5-4-6-10-18)26(33)22-16-29(20-13-14-20)15-21(24(22)31)25(32)27-19-11-7-2-3-8-12-19/h4-6,9-10,15-16,19-20,23,30H,2-3,7-8,11-14,17H2,1H3,(H,27,32)/t23-/m0/s1. The Balaban J connectivity index is 1.55. The minimum absolute atomic E-state index is 0.0222. The smallest absolute Gasteiger partial charge is 0.259 e. The predicted octanol–water partition coefficient (Wildman–Crippen LogP) is 3.44. The van der Waals surface area contributed by atoms with Gasteiger partial charge in [-0.3, -0.25) is 14.4 Å². The normalized spacial score (nSPS) is 17.8. The van der Waals surface area contributed by atoms with Crippen LogP contribution in [0.5, 0.6) is 0 Å². The molecule has 0 spiro atoms. The average molecular weight is 452 g/mol. The lowest BCUT2D eigenvalue weighted by atomic mass is 10.1. The third-order valence-corrected chi connectivity index (χ3v) is 6.66. The number of amides is 2. The first-order valence-corrected chi connectivity index (χ1v) is 12.0. The van der Waals surface area contributed by atoms with Crippen LogP contribution >= 0.6 is 0 Å². The Hall–Kier alpha value is -2.93. The van der Waals surface area contributed by atoms with E-state index in [0.29, 0.717) is 5.56 Å². The predicted molar refractivity (Wildman–Crippen MR) is 126 cm³/mol. The van der Waals surface area contributed by atoms with Gasteiger partial charge < -0.3 is 19.9 Å². The number of pyridine rings is 1. The van der Waals surface area contributed by atoms with Gasteiger partial charge in [0.25, 0.3) is 11.8 Å². The van der Waals surface area contributed by atoms with Gasteiger partial charge in [-0.25, -0.2) is 0 Å². The quantitative estimate of drug-likeness (QED) is 0.631. The Bertz CT molecular complexity index is 1040. The molecule has 7 nitrogen and oxygen atoms in total. The van der Waals surface area contributed by atoms with Crippen molar-refractivity contribution in [2.75, 3.05) is 13.6 Å². The fraction of sp³-hybridized carbons (Fsp3) is 0.500. The van der Waals surface area contributed by atoms with Gasteiger partial charge in [-0.05, 0) is 31.2 Å². The molecule has 2 saturated carbocycles. The van der Waals surface area contributed by atoms with E-state index < -0.39 is 23.3 Å². The van der Waals surface area contributed by atoms with Crippen LogP contribution in [-0.4, -0.2) is 46.0 Å². The maximum absolute atomic E-state index is 13.2. The van der Waals surface area contributed by atoms with E-state index in [2.05, 4.69) is 5.32 Å². The number of likely N-dealkylation sites (N-methyl/N-ethyl adjacent to an activating group) is 1. The molecular formula is C26H33N3O4. The summed E-state index contributed by atoms with van der Waals surface area (Å²) >= 11 is 0. The second kappa shape index (κ2) is 10.3. The zero-order chi connectivity index (χ0) is 23.4. The second-order valence-electron chi connectivity index (χ2n) is 9.37. The number of aliphatic hydroxyl groups is 1. The third kappa shape index (κ3) is 5.71. The first-order chi connectivity index (χ1) is 15.9. The number of hydrogen-bond donors (Lipinski definition) is 2. The number of hydrogen-bond acceptors (Lipinski definition) is 4. The van der Waals surface area contributed by atoms with Crippen molar-refractivity contribution in [2.45, 2.75) is 69.6 Å². The number of carbonyl (C=O) groups is 2. The summed E-state index contributed by atoms with van der Waals surface area (Å²) in [7, 11) is 1.56. The number of benzene rings is 1. The van der Waals surface area contributed by atoms with Crippen LogP contribution in [0.2, 0.25) is 0 Å². The molecule has 0 bridgehead atoms. The van der Waals surface area contributed by atoms with Gasteiger partial charge in [0.05, 0.1) is 12.6 Å². The summed E-state index contributed by atoms with van der Waals surface area (Å²) < 4.78 is 1.83. The highest BCUT2D eigenvalue weighted by molar-refractivity contribution is 5.99. The first-order valence-electron chi connectivity index (χ1n) is 12.0. The van der Waals surface area contributed by atoms with Crippen molar-refractivity contribution in [3.05, 3.63) is 69.6 Å². The maximum atomic E-state index is 13.2. The summed E-state index contributed by atoms with van der Waals surface area (Å²) in [4.78, 5) is 40.8. The van der Waals surface area contributed by atoms with Gasteiger partial charge in [0.2, 0.25) is 5.43 Å². The van der Waals surface area contributed by atoms with Crippen molar-refractivity contribution in [3.8, 4) is 0 Å². The van der Waals surface area contributed by atoms with Crippen LogP contribution in [-0.2, 0) is 0 Å². The highest BCUT2D eigenvalue weighted by Gasteiger charge is 2.29. The van der Waals surface area contributed by atoms with Crippen LogP contribution in [0.15, 0.2) is 47.5 Å². The van der Waals surface area contributed by atoms with E-state index in [9.17, 15) is 19.5 Å². The molecule has 2 amide bonds. The van der Waals surface area contributed by atoms with E-state index in [4.69, 9.17) is 0 Å². The van der Waals surface area contributed by atoms with Crippen LogP contribution in [0, 0.1) is 0 Å². The number of aliphatic hydroxyl groups excluding tert-OH is 1. The molecule has 1 heterocycles. The SMILES string of the molecule is CN(C[C@H](O)c1ccccc1)C(=O)c1cn(C2CC2)cc(C(=O)NC2CCCCCC2)c1=O. The fourth-order valence-corrected chi connectivity index (χ4v) is 4.51. The number of nitrogens with one attached hydrogen (secondary N) is 1. The number of nitrogens with zero attached hydrogens (tertiary/aromatic N) is 2. The van der Waals surface area contributed by atoms with Gasteiger partial charge >= 0.3 is 0 Å². The molecule has 2 aliphatic rings. The fourth-order valence-electron chi connectivity index (χ4n) is 4.51. The summed E-state index contributed by atoms with van der Waals surface area (Å²) in [6.07, 6.45) is 10.5. The molecule has 2 aliphatic carbocycles. The minimum Gasteiger partial charge on any atom is -0.387 e. The van der Waals surface area contributed by atoms with Gasteiger partial charge in [0.1, 0.15) is 11.1 Å². The molecule has 1 aromatic carbocycles. The summed E-state index contributed by atoms with van der Waals surface area (Å²) in [5.41, 5.74) is 0.139. The molecular weight excluding hydrogens is 418 g/mol. The Labute approximate surface area is 194 Å². The Morgan fingerprint density at radius 3 is 2.30 bits per heavy atom. The minimum atomic E-state index is -0.868. The highest BCUT2D eigenvalue weighted by atomic mass is 16.3. The van der Waals surface area contributed by atoms with Crippen LogP contribution in [0.25, 0.3) is 0 Å². The van der Waals surface area contributed by atoms with Gasteiger partial charge in [0.15, 0.2) is 0 Å². The summed E-state index contributed by atoms with van der Waals surface area (Å²) in [6.45, 7) is 0.0458. The summed E-state index contributed by atoms with van der Waals surface area (Å²) in [5.74, 6) is -0.892. The third-order valence-electron chi connectivity index (χ3n) is 6.66. The van der Waals surface area contributed by atoms with E-state index >= 15 is 0 Å². The lowest BCUT2D eigenvalue weighted by molar-refractivity contribution is 0.0679. The molecule has 1 atom stereocenters. The lowest BCUT2D eigenvalue weighted by Gasteiger charge is -2.22. The number of rotatable bonds is 7. The highest BCUT2D eigenvalue weighted by Crippen LogP contribution is 2.34. The summed E-state index contributed by atoms with van der Waals surface area (Å²) in [5, 5.41) is 13.6. The molecule has 0 saturated heterocycles. The van der Waals surface area contributed by atoms with E-state index in [1.165, 1.54) is 17.7 Å². The van der Waals surface area contributed by atoms with Crippen molar-refractivity contribution in [1.29, 1.82) is 0 Å². The van der Waals surface area contributed by atoms with Gasteiger partial charge in [-0.15, -0.1) is 0 Å². The van der Waals surface area contributed by atoms with Crippen molar-refractivity contribution in [1.82, 2.24) is 14.8 Å². The molecule has 7 heteroatoms. The van der Waals surface area contributed by atoms with Crippen molar-refractivity contribution in [2.24, 2.45) is 0 Å². The van der Waals surface area contributed by atoms with E-state index in [0.717, 1.165) is 38.5 Å². The zero-order valence-electron chi connectivity index (χ0n) is 19.2. The van der Waals surface area contributed by atoms with Crippen LogP contribution in [0.1, 0.15) is 89.8 Å². The molecule has 2 N–H and O–H groups in total. The summed E-state index contributed by atoms with van der Waals surface area (Å²) in [6, 6.07) is 9.37. The first kappa shape index (κ1) is 23.2.